The van der Waals surface area contributed by atoms with Gasteiger partial charge in [-0.2, -0.15) is 0 Å². The van der Waals surface area contributed by atoms with Crippen molar-refractivity contribution in [3.8, 4) is 5.75 Å². The molecule has 0 aliphatic carbocycles. The molecule has 0 radical (unpaired) electrons. The van der Waals surface area contributed by atoms with Crippen molar-refractivity contribution in [1.82, 2.24) is 5.32 Å². The predicted molar refractivity (Wildman–Crippen MR) is 87.1 cm³/mol. The third kappa shape index (κ3) is 2.96. The molecule has 1 aliphatic heterocycles. The highest BCUT2D eigenvalue weighted by molar-refractivity contribution is 5.41. The summed E-state index contributed by atoms with van der Waals surface area (Å²) in [6.45, 7) is 5.40. The minimum Gasteiger partial charge on any atom is -0.497 e. The molecule has 0 bridgehead atoms. The summed E-state index contributed by atoms with van der Waals surface area (Å²) in [6.07, 6.45) is 2.13. The van der Waals surface area contributed by atoms with Gasteiger partial charge in [0, 0.05) is 6.04 Å². The Morgan fingerprint density at radius 3 is 2.81 bits per heavy atom. The van der Waals surface area contributed by atoms with E-state index in [-0.39, 0.29) is 0 Å². The maximum absolute atomic E-state index is 5.35. The van der Waals surface area contributed by atoms with Crippen LogP contribution >= 0.6 is 0 Å². The van der Waals surface area contributed by atoms with E-state index in [0.29, 0.717) is 6.04 Å². The molecule has 0 spiro atoms. The van der Waals surface area contributed by atoms with Crippen LogP contribution in [-0.4, -0.2) is 13.7 Å². The molecule has 110 valence electrons. The lowest BCUT2D eigenvalue weighted by atomic mass is 9.88. The Hall–Kier alpha value is -1.80. The molecule has 1 atom stereocenters. The molecule has 21 heavy (non-hydrogen) atoms. The van der Waals surface area contributed by atoms with Crippen LogP contribution in [0.3, 0.4) is 0 Å². The van der Waals surface area contributed by atoms with E-state index in [0.717, 1.165) is 25.1 Å². The van der Waals surface area contributed by atoms with Crippen molar-refractivity contribution in [2.75, 3.05) is 13.7 Å². The molecular weight excluding hydrogens is 258 g/mol. The predicted octanol–water partition coefficient (Wildman–Crippen LogP) is 3.74. The van der Waals surface area contributed by atoms with Gasteiger partial charge in [0.2, 0.25) is 0 Å². The average Bonchev–Trinajstić information content (AvgIpc) is 2.50. The number of ether oxygens (including phenoxy) is 1. The van der Waals surface area contributed by atoms with Crippen molar-refractivity contribution in [2.45, 2.75) is 32.7 Å². The van der Waals surface area contributed by atoms with E-state index >= 15 is 0 Å². The fourth-order valence-electron chi connectivity index (χ4n) is 3.18. The highest BCUT2D eigenvalue weighted by Gasteiger charge is 2.21. The molecule has 1 unspecified atom stereocenters. The van der Waals surface area contributed by atoms with Crippen LogP contribution in [0.4, 0.5) is 0 Å². The minimum absolute atomic E-state index is 0.403. The fraction of sp³-hybridized carbons (Fsp3) is 0.368. The normalized spacial score (nSPS) is 17.4. The van der Waals surface area contributed by atoms with Crippen LogP contribution in [0.2, 0.25) is 0 Å². The lowest BCUT2D eigenvalue weighted by Gasteiger charge is -2.28. The minimum atomic E-state index is 0.403. The van der Waals surface area contributed by atoms with Gasteiger partial charge in [-0.1, -0.05) is 29.8 Å². The lowest BCUT2D eigenvalue weighted by molar-refractivity contribution is 0.412. The molecule has 0 aromatic heterocycles. The van der Waals surface area contributed by atoms with Gasteiger partial charge < -0.3 is 10.1 Å². The summed E-state index contributed by atoms with van der Waals surface area (Å²) in [7, 11) is 1.73. The molecule has 1 N–H and O–H groups in total. The van der Waals surface area contributed by atoms with E-state index in [1.54, 1.807) is 7.11 Å². The molecule has 1 aliphatic rings. The second-order valence-corrected chi connectivity index (χ2v) is 5.96. The summed E-state index contributed by atoms with van der Waals surface area (Å²) in [6, 6.07) is 13.6. The van der Waals surface area contributed by atoms with E-state index in [1.165, 1.54) is 27.8 Å². The Morgan fingerprint density at radius 2 is 2.00 bits per heavy atom. The number of methoxy groups -OCH3 is 1. The number of benzene rings is 2. The van der Waals surface area contributed by atoms with Crippen molar-refractivity contribution in [3.05, 3.63) is 64.2 Å². The second kappa shape index (κ2) is 5.90. The number of aryl methyl sites for hydroxylation is 2. The summed E-state index contributed by atoms with van der Waals surface area (Å²) >= 11 is 0. The largest absolute Gasteiger partial charge is 0.497 e. The van der Waals surface area contributed by atoms with Crippen LogP contribution in [0.5, 0.6) is 5.75 Å². The second-order valence-electron chi connectivity index (χ2n) is 5.96. The molecule has 3 rings (SSSR count). The molecule has 0 saturated heterocycles. The van der Waals surface area contributed by atoms with Gasteiger partial charge in [-0.05, 0) is 67.6 Å². The van der Waals surface area contributed by atoms with Crippen LogP contribution in [-0.2, 0) is 12.8 Å². The Balaban J connectivity index is 1.90. The number of rotatable bonds is 3. The van der Waals surface area contributed by atoms with Gasteiger partial charge in [-0.25, -0.2) is 0 Å². The summed E-state index contributed by atoms with van der Waals surface area (Å²) in [5.74, 6) is 0.959. The van der Waals surface area contributed by atoms with Crippen LogP contribution in [0.25, 0.3) is 0 Å². The number of fused-ring (bicyclic) bond motifs is 1. The zero-order chi connectivity index (χ0) is 14.8. The summed E-state index contributed by atoms with van der Waals surface area (Å²) in [4.78, 5) is 0. The molecule has 2 aromatic carbocycles. The topological polar surface area (TPSA) is 21.3 Å². The third-order valence-electron chi connectivity index (χ3n) is 4.44. The number of hydrogen-bond acceptors (Lipinski definition) is 2. The van der Waals surface area contributed by atoms with Gasteiger partial charge in [0.15, 0.2) is 0 Å². The Bertz CT molecular complexity index is 648. The Labute approximate surface area is 127 Å². The first-order chi connectivity index (χ1) is 10.2. The molecule has 0 amide bonds. The van der Waals surface area contributed by atoms with E-state index in [2.05, 4.69) is 55.6 Å². The lowest BCUT2D eigenvalue weighted by Crippen LogP contribution is -2.31. The standard InChI is InChI=1S/C19H23NO/c1-13-4-5-14(2)16(10-13)12-19-18-7-6-17(21-3)11-15(18)8-9-20-19/h4-7,10-11,19-20H,8-9,12H2,1-3H3. The Kier molecular flexibility index (Phi) is 3.98. The average molecular weight is 281 g/mol. The van der Waals surface area contributed by atoms with Gasteiger partial charge in [-0.15, -0.1) is 0 Å². The van der Waals surface area contributed by atoms with Crippen molar-refractivity contribution < 1.29 is 4.74 Å². The number of hydrogen-bond donors (Lipinski definition) is 1. The van der Waals surface area contributed by atoms with Crippen molar-refractivity contribution in [1.29, 1.82) is 0 Å². The van der Waals surface area contributed by atoms with Gasteiger partial charge in [0.1, 0.15) is 5.75 Å². The third-order valence-corrected chi connectivity index (χ3v) is 4.44. The van der Waals surface area contributed by atoms with E-state index in [1.807, 2.05) is 0 Å². The molecule has 2 aromatic rings. The van der Waals surface area contributed by atoms with Crippen molar-refractivity contribution in [3.63, 3.8) is 0 Å². The van der Waals surface area contributed by atoms with Gasteiger partial charge in [0.05, 0.1) is 7.11 Å². The Morgan fingerprint density at radius 1 is 1.14 bits per heavy atom. The fourth-order valence-corrected chi connectivity index (χ4v) is 3.18. The first-order valence-electron chi connectivity index (χ1n) is 7.63. The van der Waals surface area contributed by atoms with Crippen LogP contribution in [0.1, 0.15) is 33.9 Å². The smallest absolute Gasteiger partial charge is 0.119 e. The monoisotopic (exact) mass is 281 g/mol. The summed E-state index contributed by atoms with van der Waals surface area (Å²) < 4.78 is 5.35. The maximum atomic E-state index is 5.35. The first-order valence-corrected chi connectivity index (χ1v) is 7.63. The highest BCUT2D eigenvalue weighted by atomic mass is 16.5. The quantitative estimate of drug-likeness (QED) is 0.925. The van der Waals surface area contributed by atoms with Gasteiger partial charge in [0.25, 0.3) is 0 Å². The molecule has 2 heteroatoms. The molecule has 0 saturated carbocycles. The summed E-state index contributed by atoms with van der Waals surface area (Å²) in [5.41, 5.74) is 6.99. The van der Waals surface area contributed by atoms with E-state index in [4.69, 9.17) is 4.74 Å². The van der Waals surface area contributed by atoms with Gasteiger partial charge in [-0.3, -0.25) is 0 Å². The highest BCUT2D eigenvalue weighted by Crippen LogP contribution is 2.29. The van der Waals surface area contributed by atoms with E-state index in [9.17, 15) is 0 Å². The van der Waals surface area contributed by atoms with Gasteiger partial charge >= 0.3 is 0 Å². The SMILES string of the molecule is COc1ccc2c(c1)CCNC2Cc1cc(C)ccc1C. The maximum Gasteiger partial charge on any atom is 0.119 e. The first kappa shape index (κ1) is 14.2. The molecule has 0 fully saturated rings. The van der Waals surface area contributed by atoms with Crippen LogP contribution < -0.4 is 10.1 Å². The van der Waals surface area contributed by atoms with E-state index < -0.39 is 0 Å². The molecular formula is C19H23NO. The molecule has 2 nitrogen and oxygen atoms in total. The zero-order valence-electron chi connectivity index (χ0n) is 13.1. The number of nitrogens with one attached hydrogen (secondary N) is 1. The zero-order valence-corrected chi connectivity index (χ0v) is 13.1. The van der Waals surface area contributed by atoms with Crippen molar-refractivity contribution in [2.24, 2.45) is 0 Å². The van der Waals surface area contributed by atoms with Crippen LogP contribution in [0.15, 0.2) is 36.4 Å². The van der Waals surface area contributed by atoms with Crippen molar-refractivity contribution >= 4 is 0 Å². The molecule has 1 heterocycles. The summed E-state index contributed by atoms with van der Waals surface area (Å²) in [5, 5.41) is 3.67. The van der Waals surface area contributed by atoms with Crippen LogP contribution in [0, 0.1) is 13.8 Å².